The molecule has 20 heteroatoms. The van der Waals surface area contributed by atoms with Gasteiger partial charge < -0.3 is 24.0 Å². The Kier molecular flexibility index (Phi) is 15.2. The van der Waals surface area contributed by atoms with Crippen LogP contribution in [0.4, 0.5) is 27.2 Å². The van der Waals surface area contributed by atoms with Crippen molar-refractivity contribution in [1.29, 1.82) is 0 Å². The third-order valence-electron chi connectivity index (χ3n) is 12.7. The smallest absolute Gasteiger partial charge is 0.415 e. The molecule has 1 aliphatic carbocycles. The highest BCUT2D eigenvalue weighted by molar-refractivity contribution is 6.68. The van der Waals surface area contributed by atoms with Crippen molar-refractivity contribution in [2.75, 3.05) is 19.7 Å². The van der Waals surface area contributed by atoms with Crippen LogP contribution in [0.5, 0.6) is 11.5 Å². The molecule has 3 fully saturated rings. The van der Waals surface area contributed by atoms with Crippen molar-refractivity contribution < 1.29 is 61.4 Å². The highest BCUT2D eigenvalue weighted by Gasteiger charge is 2.63. The van der Waals surface area contributed by atoms with Crippen LogP contribution >= 0.6 is 34.8 Å². The van der Waals surface area contributed by atoms with Gasteiger partial charge in [0.1, 0.15) is 11.6 Å². The van der Waals surface area contributed by atoms with E-state index in [1.54, 1.807) is 42.2 Å². The monoisotopic (exact) mass is 994 g/mol. The molecule has 1 saturated carbocycles. The van der Waals surface area contributed by atoms with Crippen LogP contribution in [0.3, 0.4) is 0 Å². The molecule has 3 amide bonds. The normalized spacial score (nSPS) is 20.7. The molecule has 4 aromatic rings. The maximum atomic E-state index is 15.7. The zero-order valence-electron chi connectivity index (χ0n) is 36.7. The number of fused-ring (bicyclic) bond motifs is 2. The van der Waals surface area contributed by atoms with E-state index in [0.717, 1.165) is 17.2 Å². The third-order valence-corrected chi connectivity index (χ3v) is 14.0. The lowest BCUT2D eigenvalue weighted by Gasteiger charge is -2.59. The minimum Gasteiger partial charge on any atom is -0.488 e. The summed E-state index contributed by atoms with van der Waals surface area (Å²) in [6.45, 7) is 3.85. The van der Waals surface area contributed by atoms with E-state index in [4.69, 9.17) is 64.3 Å². The van der Waals surface area contributed by atoms with Gasteiger partial charge >= 0.3 is 12.2 Å². The number of amides is 3. The van der Waals surface area contributed by atoms with E-state index in [-0.39, 0.29) is 51.1 Å². The number of rotatable bonds is 15. The molecule has 4 unspecified atom stereocenters. The molecule has 0 aromatic heterocycles. The van der Waals surface area contributed by atoms with E-state index >= 15 is 9.18 Å². The molecule has 4 aromatic carbocycles. The van der Waals surface area contributed by atoms with Crippen LogP contribution in [-0.2, 0) is 33.9 Å². The van der Waals surface area contributed by atoms with Gasteiger partial charge in [0, 0.05) is 37.2 Å². The highest BCUT2D eigenvalue weighted by Crippen LogP contribution is 2.54. The molecule has 2 heterocycles. The van der Waals surface area contributed by atoms with E-state index < -0.39 is 85.3 Å². The number of halogens is 7. The second kappa shape index (κ2) is 20.4. The Morgan fingerprint density at radius 3 is 2.22 bits per heavy atom. The molecule has 0 spiro atoms. The molecule has 4 atom stereocenters. The van der Waals surface area contributed by atoms with Gasteiger partial charge in [-0.15, -0.1) is 0 Å². The summed E-state index contributed by atoms with van der Waals surface area (Å²) in [7, 11) is 0. The second-order valence-corrected chi connectivity index (χ2v) is 19.9. The van der Waals surface area contributed by atoms with E-state index in [1.807, 2.05) is 24.3 Å². The number of alkyl halides is 3. The lowest BCUT2D eigenvalue weighted by molar-refractivity contribution is -0.497. The number of aryl methyl sites for hydroxylation is 1. The fraction of sp³-hybridized carbons (Fsp3) is 0.426. The summed E-state index contributed by atoms with van der Waals surface area (Å²) < 4.78 is 72.3. The summed E-state index contributed by atoms with van der Waals surface area (Å²) in [6, 6.07) is 19.1. The molecule has 3 aliphatic rings. The molecule has 2 saturated heterocycles. The zero-order valence-corrected chi connectivity index (χ0v) is 38.9. The van der Waals surface area contributed by atoms with Gasteiger partial charge in [-0.2, -0.15) is 4.39 Å². The molecular formula is C47H49Cl3F4N4O9. The largest absolute Gasteiger partial charge is 0.488 e. The van der Waals surface area contributed by atoms with Crippen molar-refractivity contribution in [2.24, 2.45) is 5.41 Å². The second-order valence-electron chi connectivity index (χ2n) is 17.6. The molecule has 2 N–H and O–H groups in total. The molecule has 0 radical (unpaired) electrons. The number of piperidine rings is 1. The lowest BCUT2D eigenvalue weighted by Crippen LogP contribution is -2.73. The van der Waals surface area contributed by atoms with Crippen LogP contribution in [0.15, 0.2) is 84.9 Å². The highest BCUT2D eigenvalue weighted by atomic mass is 35.6. The Labute approximate surface area is 399 Å². The third kappa shape index (κ3) is 11.2. The SMILES string of the molecule is CC1(C(=O)N(Cc2ccccc2F)C2CC2)C(c2ccc(CCCOc3c(F)ccc(F)c3F)cc2)CC2CN(C(=O)Oc3cccc(CON(O)O)c3)CC1N2C(=O)OC(C)(C)C(Cl)(Cl)Cl. The van der Waals surface area contributed by atoms with Crippen molar-refractivity contribution >= 4 is 52.9 Å². The fourth-order valence-electron chi connectivity index (χ4n) is 8.79. The van der Waals surface area contributed by atoms with E-state index in [0.29, 0.717) is 42.9 Å². The van der Waals surface area contributed by atoms with Crippen molar-refractivity contribution in [3.8, 4) is 11.5 Å². The summed E-state index contributed by atoms with van der Waals surface area (Å²) in [5.74, 6) is -5.85. The van der Waals surface area contributed by atoms with Crippen molar-refractivity contribution in [3.05, 3.63) is 130 Å². The zero-order chi connectivity index (χ0) is 48.4. The molecule has 360 valence electrons. The topological polar surface area (TPSA) is 142 Å². The summed E-state index contributed by atoms with van der Waals surface area (Å²) in [6.07, 6.45) is 0.471. The lowest BCUT2D eigenvalue weighted by atomic mass is 9.60. The van der Waals surface area contributed by atoms with Crippen LogP contribution in [-0.4, -0.2) is 95.8 Å². The predicted octanol–water partition coefficient (Wildman–Crippen LogP) is 10.3. The number of hydrogen-bond donors (Lipinski definition) is 2. The molecule has 2 aliphatic heterocycles. The van der Waals surface area contributed by atoms with Gasteiger partial charge in [-0.25, -0.2) is 27.6 Å². The minimum atomic E-state index is -2.07. The van der Waals surface area contributed by atoms with Crippen LogP contribution < -0.4 is 9.47 Å². The first kappa shape index (κ1) is 50.0. The first-order valence-electron chi connectivity index (χ1n) is 21.5. The summed E-state index contributed by atoms with van der Waals surface area (Å²) in [5, 5.41) is 17.6. The summed E-state index contributed by atoms with van der Waals surface area (Å²) >= 11 is 18.9. The van der Waals surface area contributed by atoms with Crippen LogP contribution in [0.25, 0.3) is 0 Å². The quantitative estimate of drug-likeness (QED) is 0.0389. The van der Waals surface area contributed by atoms with Crippen molar-refractivity contribution in [2.45, 2.75) is 99.5 Å². The number of ether oxygens (including phenoxy) is 3. The van der Waals surface area contributed by atoms with Gasteiger partial charge in [0.15, 0.2) is 23.0 Å². The average molecular weight is 996 g/mol. The number of likely N-dealkylation sites (tertiary alicyclic amines) is 1. The van der Waals surface area contributed by atoms with Gasteiger partial charge in [-0.1, -0.05) is 89.4 Å². The standard InChI is InChI=1S/C47H49Cl3F4N4O9/c1-45(2,47(48,49)50)67-44(61)57-33-23-35(30-15-13-28(14-16-30)9-7-21-64-41-38(53)20-19-37(52)40(41)54)46(3,42(59)56(32-17-18-32)24-31-10-4-5-12-36(31)51)39(57)26-55(25-33)43(60)66-34-11-6-8-29(22-34)27-65-58(62)63/h4-6,8,10-16,19-20,22,32-33,35,39,62-63H,7,9,17-18,21,23-27H2,1-3H3. The molecule has 67 heavy (non-hydrogen) atoms. The van der Waals surface area contributed by atoms with E-state index in [9.17, 15) is 22.8 Å². The Bertz CT molecular complexity index is 2450. The number of piperazine rings is 1. The average Bonchev–Trinajstić information content (AvgIpc) is 4.13. The Morgan fingerprint density at radius 2 is 1.55 bits per heavy atom. The predicted molar refractivity (Wildman–Crippen MR) is 237 cm³/mol. The minimum absolute atomic E-state index is 0.0695. The Hall–Kier alpha value is -4.88. The first-order chi connectivity index (χ1) is 31.7. The Morgan fingerprint density at radius 1 is 0.851 bits per heavy atom. The van der Waals surface area contributed by atoms with E-state index in [2.05, 4.69) is 0 Å². The van der Waals surface area contributed by atoms with Gasteiger partial charge in [-0.05, 0) is 99.9 Å². The van der Waals surface area contributed by atoms with Crippen LogP contribution in [0.2, 0.25) is 0 Å². The van der Waals surface area contributed by atoms with Crippen LogP contribution in [0.1, 0.15) is 74.6 Å². The van der Waals surface area contributed by atoms with Gasteiger partial charge in [-0.3, -0.25) is 20.1 Å². The number of hydrogen-bond acceptors (Lipinski definition) is 10. The summed E-state index contributed by atoms with van der Waals surface area (Å²) in [4.78, 5) is 53.7. The fourth-order valence-corrected chi connectivity index (χ4v) is 8.90. The van der Waals surface area contributed by atoms with Gasteiger partial charge in [0.2, 0.25) is 15.5 Å². The number of nitrogens with zero attached hydrogens (tertiary/aromatic N) is 4. The molecule has 2 bridgehead atoms. The number of carbonyl (C=O) groups excluding carboxylic acids is 3. The summed E-state index contributed by atoms with van der Waals surface area (Å²) in [5.41, 5.74) is -0.930. The van der Waals surface area contributed by atoms with Crippen LogP contribution in [0, 0.1) is 28.7 Å². The number of carbonyl (C=O) groups is 3. The van der Waals surface area contributed by atoms with Crippen molar-refractivity contribution in [3.63, 3.8) is 0 Å². The molecular weight excluding hydrogens is 947 g/mol. The van der Waals surface area contributed by atoms with Gasteiger partial charge in [0.05, 0.1) is 36.1 Å². The van der Waals surface area contributed by atoms with E-state index in [1.165, 1.54) is 41.8 Å². The maximum Gasteiger partial charge on any atom is 0.415 e. The maximum absolute atomic E-state index is 15.7. The molecule has 7 rings (SSSR count). The first-order valence-corrected chi connectivity index (χ1v) is 22.7. The number of benzene rings is 4. The Balaban J connectivity index is 1.23. The van der Waals surface area contributed by atoms with Crippen molar-refractivity contribution in [1.82, 2.24) is 20.1 Å². The molecule has 13 nitrogen and oxygen atoms in total. The van der Waals surface area contributed by atoms with Gasteiger partial charge in [0.25, 0.3) is 0 Å².